The predicted octanol–water partition coefficient (Wildman–Crippen LogP) is 1.37. The fourth-order valence-electron chi connectivity index (χ4n) is 1.10. The van der Waals surface area contributed by atoms with Gasteiger partial charge in [-0.25, -0.2) is 9.13 Å². The van der Waals surface area contributed by atoms with Crippen LogP contribution in [0.4, 0.5) is 0 Å². The second-order valence-corrected chi connectivity index (χ2v) is 16.5. The highest BCUT2D eigenvalue weighted by atomic mass is 31.3. The molecule has 0 spiro atoms. The van der Waals surface area contributed by atoms with Gasteiger partial charge in [0.05, 0.1) is 0 Å². The monoisotopic (exact) mass is 410 g/mol. The van der Waals surface area contributed by atoms with Gasteiger partial charge in [-0.15, -0.1) is 0 Å². The third-order valence-electron chi connectivity index (χ3n) is 2.01. The quantitative estimate of drug-likeness (QED) is 0.316. The summed E-state index contributed by atoms with van der Waals surface area (Å²) in [6.45, 7) is 7.76. The summed E-state index contributed by atoms with van der Waals surface area (Å²) in [6, 6.07) is 3.18. The van der Waals surface area contributed by atoms with Crippen LogP contribution in [-0.2, 0) is 30.3 Å². The van der Waals surface area contributed by atoms with Crippen molar-refractivity contribution in [1.29, 1.82) is 0 Å². The first-order chi connectivity index (χ1) is 9.95. The zero-order valence-corrected chi connectivity index (χ0v) is 20.9. The van der Waals surface area contributed by atoms with Crippen molar-refractivity contribution in [2.75, 3.05) is 0 Å². The van der Waals surface area contributed by atoms with E-state index in [0.29, 0.717) is 0 Å². The first-order valence-corrected chi connectivity index (χ1v) is 16.7. The van der Waals surface area contributed by atoms with Crippen molar-refractivity contribution in [2.24, 2.45) is 0 Å². The van der Waals surface area contributed by atoms with Gasteiger partial charge in [0, 0.05) is 0 Å². The molecule has 0 aromatic carbocycles. The highest BCUT2D eigenvalue weighted by Gasteiger charge is 2.38. The highest BCUT2D eigenvalue weighted by Crippen LogP contribution is 2.65. The van der Waals surface area contributed by atoms with Gasteiger partial charge in [-0.2, -0.15) is 4.31 Å². The molecule has 0 amide bonds. The van der Waals surface area contributed by atoms with Crippen LogP contribution in [0.1, 0.15) is 27.7 Å². The number of phosphoric acid groups is 2. The van der Waals surface area contributed by atoms with Crippen molar-refractivity contribution >= 4 is 54.7 Å². The molecule has 0 rings (SSSR count). The Bertz CT molecular complexity index is 304. The van der Waals surface area contributed by atoms with E-state index in [1.807, 2.05) is 27.7 Å². The summed E-state index contributed by atoms with van der Waals surface area (Å²) in [6.07, 6.45) is 0. The van der Waals surface area contributed by atoms with Crippen LogP contribution in [0.2, 0.25) is 24.2 Å². The minimum absolute atomic E-state index is 0.795. The molecular formula is C8H28O7P2Si4. The molecular weight excluding hydrogens is 382 g/mol. The fourth-order valence-corrected chi connectivity index (χ4v) is 13.0. The molecule has 0 radical (unpaired) electrons. The average molecular weight is 411 g/mol. The van der Waals surface area contributed by atoms with Crippen LogP contribution in [-0.4, -0.2) is 39.1 Å². The summed E-state index contributed by atoms with van der Waals surface area (Å²) in [5.41, 5.74) is 0. The summed E-state index contributed by atoms with van der Waals surface area (Å²) in [7, 11) is -11.7. The molecule has 21 heavy (non-hydrogen) atoms. The van der Waals surface area contributed by atoms with Crippen LogP contribution in [0.15, 0.2) is 0 Å². The van der Waals surface area contributed by atoms with E-state index in [4.69, 9.17) is 21.2 Å². The summed E-state index contributed by atoms with van der Waals surface area (Å²) in [5.74, 6) is 0. The van der Waals surface area contributed by atoms with E-state index in [0.717, 1.165) is 24.2 Å². The van der Waals surface area contributed by atoms with E-state index in [2.05, 4.69) is 0 Å². The molecule has 0 bridgehead atoms. The zero-order valence-electron chi connectivity index (χ0n) is 13.4. The van der Waals surface area contributed by atoms with Crippen molar-refractivity contribution in [3.63, 3.8) is 0 Å². The molecule has 0 aromatic rings. The summed E-state index contributed by atoms with van der Waals surface area (Å²) in [4.78, 5) is 0. The first-order valence-electron chi connectivity index (χ1n) is 7.44. The van der Waals surface area contributed by atoms with Crippen molar-refractivity contribution in [3.8, 4) is 0 Å². The maximum atomic E-state index is 12.6. The summed E-state index contributed by atoms with van der Waals surface area (Å²) >= 11 is 0. The molecule has 128 valence electrons. The maximum Gasteiger partial charge on any atom is 0.462 e. The lowest BCUT2D eigenvalue weighted by Crippen LogP contribution is -2.09. The lowest BCUT2D eigenvalue weighted by atomic mass is 11.0. The van der Waals surface area contributed by atoms with Crippen LogP contribution < -0.4 is 0 Å². The van der Waals surface area contributed by atoms with Crippen molar-refractivity contribution < 1.29 is 30.3 Å². The smallest absolute Gasteiger partial charge is 0.338 e. The number of hydrogen-bond acceptors (Lipinski definition) is 7. The Kier molecular flexibility index (Phi) is 13.2. The third-order valence-corrected chi connectivity index (χ3v) is 13.2. The maximum absolute atomic E-state index is 12.6. The Hall–Kier alpha value is 1.13. The molecule has 0 saturated carbocycles. The van der Waals surface area contributed by atoms with Crippen molar-refractivity contribution in [2.45, 2.75) is 51.9 Å². The van der Waals surface area contributed by atoms with Gasteiger partial charge in [0.25, 0.3) is 0 Å². The topological polar surface area (TPSA) is 80.3 Å². The molecule has 0 N–H and O–H groups in total. The lowest BCUT2D eigenvalue weighted by molar-refractivity contribution is 0.252. The molecule has 0 aliphatic carbocycles. The Morgan fingerprint density at radius 1 is 0.619 bits per heavy atom. The molecule has 0 aliphatic rings. The van der Waals surface area contributed by atoms with Gasteiger partial charge in [0.1, 0.15) is 0 Å². The molecule has 0 atom stereocenters. The van der Waals surface area contributed by atoms with E-state index >= 15 is 0 Å². The fraction of sp³-hybridized carbons (Fsp3) is 1.00. The normalized spacial score (nSPS) is 19.6. The SMILES string of the molecule is CC[SiH2]OP(=O)(O[SiH2]CC)OP(=O)(O[SiH2]CC)O[SiH2]CC. The van der Waals surface area contributed by atoms with Gasteiger partial charge in [-0.05, 0) is 24.2 Å². The largest absolute Gasteiger partial charge is 0.462 e. The molecule has 7 nitrogen and oxygen atoms in total. The van der Waals surface area contributed by atoms with Crippen molar-refractivity contribution in [1.82, 2.24) is 0 Å². The standard InChI is InChI=1S/C8H28O7P2Si4/c1-5-18-12-16(9,13-19-6-2)11-17(10,14-20-7-3)15-21-8-4/h5-8,18-21H2,1-4H3. The Morgan fingerprint density at radius 2 is 0.857 bits per heavy atom. The van der Waals surface area contributed by atoms with Gasteiger partial charge in [-0.1, -0.05) is 27.7 Å². The van der Waals surface area contributed by atoms with Crippen molar-refractivity contribution in [3.05, 3.63) is 0 Å². The van der Waals surface area contributed by atoms with Gasteiger partial charge in [0.15, 0.2) is 39.1 Å². The van der Waals surface area contributed by atoms with Crippen LogP contribution in [0, 0.1) is 0 Å². The van der Waals surface area contributed by atoms with Gasteiger partial charge in [-0.3, -0.25) is 0 Å². The van der Waals surface area contributed by atoms with E-state index in [-0.39, 0.29) is 0 Å². The van der Waals surface area contributed by atoms with E-state index in [9.17, 15) is 9.13 Å². The summed E-state index contributed by atoms with van der Waals surface area (Å²) in [5, 5.41) is 0. The third kappa shape index (κ3) is 10.5. The Morgan fingerprint density at radius 3 is 1.05 bits per heavy atom. The molecule has 0 fully saturated rings. The minimum atomic E-state index is -3.80. The van der Waals surface area contributed by atoms with E-state index in [1.54, 1.807) is 0 Å². The van der Waals surface area contributed by atoms with E-state index in [1.165, 1.54) is 0 Å². The molecule has 0 heterocycles. The minimum Gasteiger partial charge on any atom is -0.338 e. The Balaban J connectivity index is 4.90. The van der Waals surface area contributed by atoms with Crippen LogP contribution in [0.5, 0.6) is 0 Å². The molecule has 0 unspecified atom stereocenters. The molecule has 0 saturated heterocycles. The Labute approximate surface area is 137 Å². The average Bonchev–Trinajstić information content (AvgIpc) is 2.47. The first kappa shape index (κ1) is 22.1. The molecule has 13 heteroatoms. The summed E-state index contributed by atoms with van der Waals surface area (Å²) < 4.78 is 51.6. The number of rotatable bonds is 14. The predicted molar refractivity (Wildman–Crippen MR) is 96.7 cm³/mol. The second-order valence-electron chi connectivity index (χ2n) is 4.31. The lowest BCUT2D eigenvalue weighted by Gasteiger charge is -2.24. The number of hydrogen-bond donors (Lipinski definition) is 0. The van der Waals surface area contributed by atoms with Crippen LogP contribution in [0.25, 0.3) is 0 Å². The van der Waals surface area contributed by atoms with E-state index < -0.39 is 54.7 Å². The van der Waals surface area contributed by atoms with Gasteiger partial charge in [0.2, 0.25) is 0 Å². The van der Waals surface area contributed by atoms with Crippen LogP contribution >= 0.6 is 15.6 Å². The zero-order chi connectivity index (χ0) is 16.2. The molecule has 0 aromatic heterocycles. The van der Waals surface area contributed by atoms with Gasteiger partial charge >= 0.3 is 15.6 Å². The van der Waals surface area contributed by atoms with Gasteiger partial charge < -0.3 is 16.9 Å². The highest BCUT2D eigenvalue weighted by molar-refractivity contribution is 7.64. The van der Waals surface area contributed by atoms with Crippen LogP contribution in [0.3, 0.4) is 0 Å². The molecule has 0 aliphatic heterocycles. The second kappa shape index (κ2) is 12.5.